The first-order valence-electron chi connectivity index (χ1n) is 7.14. The van der Waals surface area contributed by atoms with Gasteiger partial charge in [0.2, 0.25) is 0 Å². The average molecular weight is 293 g/mol. The molecule has 0 spiro atoms. The Morgan fingerprint density at radius 3 is 2.52 bits per heavy atom. The minimum absolute atomic E-state index is 0.202. The predicted molar refractivity (Wildman–Crippen MR) is 81.5 cm³/mol. The van der Waals surface area contributed by atoms with E-state index in [2.05, 4.69) is 10.2 Å². The molecule has 0 aromatic heterocycles. The maximum atomic E-state index is 11.4. The highest BCUT2D eigenvalue weighted by Gasteiger charge is 2.13. The van der Waals surface area contributed by atoms with Crippen LogP contribution < -0.4 is 10.2 Å². The molecule has 1 heterocycles. The molecule has 1 aliphatic heterocycles. The van der Waals surface area contributed by atoms with Crippen LogP contribution in [-0.4, -0.2) is 63.0 Å². The van der Waals surface area contributed by atoms with Crippen LogP contribution >= 0.6 is 0 Å². The largest absolute Gasteiger partial charge is 0.387 e. The third-order valence-corrected chi connectivity index (χ3v) is 3.51. The van der Waals surface area contributed by atoms with E-state index in [0.29, 0.717) is 0 Å². The van der Waals surface area contributed by atoms with Crippen molar-refractivity contribution in [2.24, 2.45) is 0 Å². The second-order valence-electron chi connectivity index (χ2n) is 5.29. The summed E-state index contributed by atoms with van der Waals surface area (Å²) >= 11 is 0. The fourth-order valence-electron chi connectivity index (χ4n) is 2.19. The summed E-state index contributed by atoms with van der Waals surface area (Å²) in [5.41, 5.74) is 1.93. The van der Waals surface area contributed by atoms with Crippen molar-refractivity contribution in [1.82, 2.24) is 10.2 Å². The Kier molecular flexibility index (Phi) is 5.41. The number of nitrogens with zero attached hydrogens (tertiary/aromatic N) is 2. The molecule has 0 radical (unpaired) electrons. The third-order valence-electron chi connectivity index (χ3n) is 3.51. The Morgan fingerprint density at radius 2 is 1.95 bits per heavy atom. The molecule has 1 saturated heterocycles. The van der Waals surface area contributed by atoms with Crippen molar-refractivity contribution in [3.63, 3.8) is 0 Å². The van der Waals surface area contributed by atoms with E-state index in [9.17, 15) is 9.90 Å². The van der Waals surface area contributed by atoms with Crippen molar-refractivity contribution in [2.45, 2.75) is 6.10 Å². The van der Waals surface area contributed by atoms with Gasteiger partial charge in [-0.1, -0.05) is 12.1 Å². The number of aliphatic hydroxyl groups is 1. The van der Waals surface area contributed by atoms with Crippen LogP contribution in [0.2, 0.25) is 0 Å². The van der Waals surface area contributed by atoms with Gasteiger partial charge in [0.05, 0.1) is 19.3 Å². The lowest BCUT2D eigenvalue weighted by atomic mass is 10.1. The summed E-state index contributed by atoms with van der Waals surface area (Å²) < 4.78 is 5.33. The summed E-state index contributed by atoms with van der Waals surface area (Å²) in [4.78, 5) is 15.1. The number of carbonyl (C=O) groups excluding carboxylic acids is 1. The normalized spacial score (nSPS) is 16.4. The van der Waals surface area contributed by atoms with Gasteiger partial charge in [-0.15, -0.1) is 0 Å². The molecule has 1 aromatic rings. The van der Waals surface area contributed by atoms with Crippen LogP contribution in [-0.2, 0) is 4.74 Å². The Bertz CT molecular complexity index is 456. The van der Waals surface area contributed by atoms with E-state index in [0.717, 1.165) is 37.6 Å². The van der Waals surface area contributed by atoms with Gasteiger partial charge >= 0.3 is 6.03 Å². The highest BCUT2D eigenvalue weighted by atomic mass is 16.5. The van der Waals surface area contributed by atoms with E-state index >= 15 is 0 Å². The van der Waals surface area contributed by atoms with Crippen LogP contribution in [0.1, 0.15) is 11.7 Å². The van der Waals surface area contributed by atoms with Crippen LogP contribution in [0.15, 0.2) is 24.3 Å². The molecule has 1 fully saturated rings. The molecule has 1 unspecified atom stereocenters. The van der Waals surface area contributed by atoms with Crippen molar-refractivity contribution >= 4 is 11.7 Å². The number of anilines is 1. The number of nitrogens with one attached hydrogen (secondary N) is 1. The third kappa shape index (κ3) is 4.34. The Labute approximate surface area is 125 Å². The van der Waals surface area contributed by atoms with Crippen molar-refractivity contribution in [1.29, 1.82) is 0 Å². The van der Waals surface area contributed by atoms with Crippen LogP contribution in [0, 0.1) is 0 Å². The number of carbonyl (C=O) groups is 1. The van der Waals surface area contributed by atoms with Crippen LogP contribution in [0.3, 0.4) is 0 Å². The summed E-state index contributed by atoms with van der Waals surface area (Å²) in [6.45, 7) is 3.48. The van der Waals surface area contributed by atoms with Gasteiger partial charge in [-0.25, -0.2) is 4.79 Å². The first kappa shape index (κ1) is 15.6. The first-order chi connectivity index (χ1) is 10.1. The summed E-state index contributed by atoms with van der Waals surface area (Å²) in [6, 6.07) is 7.59. The van der Waals surface area contributed by atoms with E-state index in [1.54, 1.807) is 14.1 Å². The lowest BCUT2D eigenvalue weighted by Crippen LogP contribution is -2.37. The zero-order valence-electron chi connectivity index (χ0n) is 12.6. The number of hydrogen-bond donors (Lipinski definition) is 2. The second kappa shape index (κ2) is 7.28. The zero-order valence-corrected chi connectivity index (χ0v) is 12.6. The number of benzene rings is 1. The predicted octanol–water partition coefficient (Wildman–Crippen LogP) is 0.828. The molecule has 0 aliphatic carbocycles. The topological polar surface area (TPSA) is 65.0 Å². The van der Waals surface area contributed by atoms with Gasteiger partial charge in [0, 0.05) is 39.4 Å². The fraction of sp³-hybridized carbons (Fsp3) is 0.533. The quantitative estimate of drug-likeness (QED) is 0.863. The molecule has 1 atom stereocenters. The Morgan fingerprint density at radius 1 is 1.33 bits per heavy atom. The van der Waals surface area contributed by atoms with Crippen LogP contribution in [0.5, 0.6) is 0 Å². The van der Waals surface area contributed by atoms with E-state index < -0.39 is 6.10 Å². The van der Waals surface area contributed by atoms with Crippen molar-refractivity contribution in [3.8, 4) is 0 Å². The van der Waals surface area contributed by atoms with Crippen molar-refractivity contribution < 1.29 is 14.6 Å². The maximum Gasteiger partial charge on any atom is 0.316 e. The number of morpholine rings is 1. The van der Waals surface area contributed by atoms with Gasteiger partial charge in [0.25, 0.3) is 0 Å². The van der Waals surface area contributed by atoms with Crippen LogP contribution in [0.25, 0.3) is 0 Å². The number of rotatable bonds is 4. The standard InChI is InChI=1S/C15H23N3O3/c1-17(2)15(20)16-11-14(19)12-3-5-13(6-4-12)18-7-9-21-10-8-18/h3-6,14,19H,7-11H2,1-2H3,(H,16,20). The maximum absolute atomic E-state index is 11.4. The lowest BCUT2D eigenvalue weighted by Gasteiger charge is -2.29. The number of aliphatic hydroxyl groups excluding tert-OH is 1. The van der Waals surface area contributed by atoms with Gasteiger partial charge < -0.3 is 25.0 Å². The van der Waals surface area contributed by atoms with Crippen LogP contribution in [0.4, 0.5) is 10.5 Å². The monoisotopic (exact) mass is 293 g/mol. The molecular weight excluding hydrogens is 270 g/mol. The van der Waals surface area contributed by atoms with Gasteiger partial charge in [-0.2, -0.15) is 0 Å². The summed E-state index contributed by atoms with van der Waals surface area (Å²) in [5.74, 6) is 0. The highest BCUT2D eigenvalue weighted by Crippen LogP contribution is 2.20. The molecule has 6 nitrogen and oxygen atoms in total. The van der Waals surface area contributed by atoms with Crippen molar-refractivity contribution in [3.05, 3.63) is 29.8 Å². The van der Waals surface area contributed by atoms with E-state index in [4.69, 9.17) is 4.74 Å². The molecule has 2 N–H and O–H groups in total. The smallest absolute Gasteiger partial charge is 0.316 e. The van der Waals surface area contributed by atoms with Gasteiger partial charge in [-0.05, 0) is 17.7 Å². The van der Waals surface area contributed by atoms with E-state index in [-0.39, 0.29) is 12.6 Å². The molecule has 2 amide bonds. The minimum Gasteiger partial charge on any atom is -0.387 e. The number of hydrogen-bond acceptors (Lipinski definition) is 4. The molecule has 1 aliphatic rings. The lowest BCUT2D eigenvalue weighted by molar-refractivity contribution is 0.122. The summed E-state index contributed by atoms with van der Waals surface area (Å²) in [7, 11) is 3.33. The second-order valence-corrected chi connectivity index (χ2v) is 5.29. The van der Waals surface area contributed by atoms with E-state index in [1.807, 2.05) is 24.3 Å². The Balaban J connectivity index is 1.90. The SMILES string of the molecule is CN(C)C(=O)NCC(O)c1ccc(N2CCOCC2)cc1. The molecule has 116 valence electrons. The molecule has 2 rings (SSSR count). The summed E-state index contributed by atoms with van der Waals surface area (Å²) in [5, 5.41) is 12.8. The number of amides is 2. The number of urea groups is 1. The molecule has 1 aromatic carbocycles. The van der Waals surface area contributed by atoms with Gasteiger partial charge in [0.1, 0.15) is 0 Å². The Hall–Kier alpha value is -1.79. The summed E-state index contributed by atoms with van der Waals surface area (Å²) in [6.07, 6.45) is -0.701. The van der Waals surface area contributed by atoms with E-state index in [1.165, 1.54) is 4.90 Å². The first-order valence-corrected chi connectivity index (χ1v) is 7.14. The highest BCUT2D eigenvalue weighted by molar-refractivity contribution is 5.73. The van der Waals surface area contributed by atoms with Gasteiger partial charge in [0.15, 0.2) is 0 Å². The zero-order chi connectivity index (χ0) is 15.2. The van der Waals surface area contributed by atoms with Crippen molar-refractivity contribution in [2.75, 3.05) is 51.8 Å². The van der Waals surface area contributed by atoms with Gasteiger partial charge in [-0.3, -0.25) is 0 Å². The average Bonchev–Trinajstić information content (AvgIpc) is 2.53. The molecule has 0 bridgehead atoms. The fourth-order valence-corrected chi connectivity index (χ4v) is 2.19. The molecule has 0 saturated carbocycles. The number of ether oxygens (including phenoxy) is 1. The molecule has 6 heteroatoms. The molecule has 21 heavy (non-hydrogen) atoms. The molecular formula is C15H23N3O3. The minimum atomic E-state index is -0.701.